The van der Waals surface area contributed by atoms with Crippen molar-refractivity contribution in [3.8, 4) is 11.8 Å². The molecule has 0 aliphatic heterocycles. The Morgan fingerprint density at radius 1 is 1.36 bits per heavy atom. The predicted octanol–water partition coefficient (Wildman–Crippen LogP) is 4.47. The first-order chi connectivity index (χ1) is 11.6. The number of hydrogen-bond donors (Lipinski definition) is 1. The molecule has 1 fully saturated rings. The number of rotatable bonds is 3. The Kier molecular flexibility index (Phi) is 5.88. The van der Waals surface area contributed by atoms with Crippen molar-refractivity contribution in [3.63, 3.8) is 0 Å². The van der Waals surface area contributed by atoms with E-state index in [2.05, 4.69) is 38.7 Å². The number of hydrogen-bond acceptors (Lipinski definition) is 3. The van der Waals surface area contributed by atoms with Crippen LogP contribution in [0.1, 0.15) is 60.3 Å². The molecule has 3 heteroatoms. The van der Waals surface area contributed by atoms with E-state index < -0.39 is 11.9 Å². The summed E-state index contributed by atoms with van der Waals surface area (Å²) < 4.78 is 10.4. The van der Waals surface area contributed by atoms with Gasteiger partial charge in [0.15, 0.2) is 11.9 Å². The van der Waals surface area contributed by atoms with Gasteiger partial charge >= 0.3 is 0 Å². The topological polar surface area (TPSA) is 38.7 Å². The summed E-state index contributed by atoms with van der Waals surface area (Å²) in [7, 11) is 3.19. The quantitative estimate of drug-likeness (QED) is 0.465. The van der Waals surface area contributed by atoms with E-state index in [9.17, 15) is 5.11 Å². The van der Waals surface area contributed by atoms with E-state index >= 15 is 0 Å². The van der Waals surface area contributed by atoms with Crippen molar-refractivity contribution < 1.29 is 14.6 Å². The lowest BCUT2D eigenvalue weighted by molar-refractivity contribution is -0.0669. The Hall–Kier alpha value is -1.08. The summed E-state index contributed by atoms with van der Waals surface area (Å²) in [5.41, 5.74) is 0.678. The summed E-state index contributed by atoms with van der Waals surface area (Å²) in [6.45, 7) is 10.6. The predicted molar refractivity (Wildman–Crippen MR) is 102 cm³/mol. The van der Waals surface area contributed by atoms with Crippen LogP contribution in [0.5, 0.6) is 0 Å². The van der Waals surface area contributed by atoms with Crippen LogP contribution in [0.15, 0.2) is 23.3 Å². The number of allylic oxidation sites excluding steroid dienone is 2. The number of ether oxygens (including phenoxy) is 2. The van der Waals surface area contributed by atoms with E-state index in [1.54, 1.807) is 14.2 Å². The third-order valence-electron chi connectivity index (χ3n) is 6.05. The van der Waals surface area contributed by atoms with Crippen molar-refractivity contribution in [2.75, 3.05) is 14.2 Å². The summed E-state index contributed by atoms with van der Waals surface area (Å²) in [5.74, 6) is 7.06. The smallest absolute Gasteiger partial charge is 0.177 e. The van der Waals surface area contributed by atoms with E-state index in [0.717, 1.165) is 23.5 Å². The van der Waals surface area contributed by atoms with Gasteiger partial charge in [0.05, 0.1) is 0 Å². The van der Waals surface area contributed by atoms with Gasteiger partial charge in [-0.15, -0.1) is 0 Å². The Labute approximate surface area is 153 Å². The van der Waals surface area contributed by atoms with Crippen LogP contribution in [-0.2, 0) is 9.47 Å². The molecule has 0 aromatic heterocycles. The van der Waals surface area contributed by atoms with Crippen molar-refractivity contribution in [3.05, 3.63) is 23.3 Å². The van der Waals surface area contributed by atoms with Gasteiger partial charge in [0.25, 0.3) is 0 Å². The molecule has 1 spiro atoms. The zero-order valence-corrected chi connectivity index (χ0v) is 16.9. The summed E-state index contributed by atoms with van der Waals surface area (Å²) in [4.78, 5) is 0. The van der Waals surface area contributed by atoms with Crippen LogP contribution < -0.4 is 0 Å². The Morgan fingerprint density at radius 2 is 2.00 bits per heavy atom. The minimum Gasteiger partial charge on any atom is -0.373 e. The van der Waals surface area contributed by atoms with Gasteiger partial charge in [-0.3, -0.25) is 0 Å². The first kappa shape index (κ1) is 20.2. The molecule has 0 heterocycles. The van der Waals surface area contributed by atoms with Gasteiger partial charge in [-0.25, -0.2) is 0 Å². The normalized spacial score (nSPS) is 34.8. The van der Waals surface area contributed by atoms with Crippen molar-refractivity contribution in [2.45, 2.75) is 72.2 Å². The van der Waals surface area contributed by atoms with E-state index in [1.165, 1.54) is 19.3 Å². The first-order valence-electron chi connectivity index (χ1n) is 9.27. The molecular weight excluding hydrogens is 312 g/mol. The lowest BCUT2D eigenvalue weighted by atomic mass is 9.57. The molecule has 0 radical (unpaired) electrons. The monoisotopic (exact) mass is 346 g/mol. The summed E-state index contributed by atoms with van der Waals surface area (Å²) >= 11 is 0. The van der Waals surface area contributed by atoms with E-state index in [-0.39, 0.29) is 10.8 Å². The number of aliphatic hydroxyl groups is 1. The standard InChI is InChI=1S/C22H34O3/c1-16(12-19(24-6)25-7)9-11-22(23)18(3)14-21(15-20(22,4)5)10-8-17(2)13-21/h12,14,17,19,23H,8,10,13,15H2,1-7H3. The van der Waals surface area contributed by atoms with Crippen LogP contribution in [-0.4, -0.2) is 31.2 Å². The summed E-state index contributed by atoms with van der Waals surface area (Å²) in [6.07, 6.45) is 8.44. The molecule has 2 rings (SSSR count). The maximum Gasteiger partial charge on any atom is 0.177 e. The molecule has 0 saturated heterocycles. The highest BCUT2D eigenvalue weighted by Crippen LogP contribution is 2.57. The molecule has 25 heavy (non-hydrogen) atoms. The largest absolute Gasteiger partial charge is 0.373 e. The molecule has 2 aliphatic carbocycles. The molecule has 1 saturated carbocycles. The molecule has 1 N–H and O–H groups in total. The van der Waals surface area contributed by atoms with Gasteiger partial charge in [-0.05, 0) is 62.5 Å². The Morgan fingerprint density at radius 3 is 2.48 bits per heavy atom. The van der Waals surface area contributed by atoms with E-state index in [4.69, 9.17) is 9.47 Å². The second-order valence-corrected chi connectivity index (χ2v) is 8.75. The van der Waals surface area contributed by atoms with E-state index in [0.29, 0.717) is 0 Å². The van der Waals surface area contributed by atoms with Crippen LogP contribution in [0.25, 0.3) is 0 Å². The van der Waals surface area contributed by atoms with Crippen molar-refractivity contribution in [2.24, 2.45) is 16.7 Å². The van der Waals surface area contributed by atoms with Gasteiger partial charge in [-0.1, -0.05) is 38.7 Å². The highest BCUT2D eigenvalue weighted by Gasteiger charge is 2.53. The minimum atomic E-state index is -1.10. The first-order valence-corrected chi connectivity index (χ1v) is 9.27. The highest BCUT2D eigenvalue weighted by atomic mass is 16.7. The molecule has 2 aliphatic rings. The lowest BCUT2D eigenvalue weighted by Gasteiger charge is -2.49. The summed E-state index contributed by atoms with van der Waals surface area (Å²) in [6, 6.07) is 0. The van der Waals surface area contributed by atoms with Crippen molar-refractivity contribution in [1.82, 2.24) is 0 Å². The fourth-order valence-corrected chi connectivity index (χ4v) is 4.82. The van der Waals surface area contributed by atoms with Gasteiger partial charge in [0.2, 0.25) is 0 Å². The average Bonchev–Trinajstić information content (AvgIpc) is 2.88. The summed E-state index contributed by atoms with van der Waals surface area (Å²) in [5, 5.41) is 11.4. The van der Waals surface area contributed by atoms with Crippen LogP contribution in [0, 0.1) is 28.6 Å². The lowest BCUT2D eigenvalue weighted by Crippen LogP contribution is -2.50. The molecule has 3 atom stereocenters. The third kappa shape index (κ3) is 4.03. The SMILES string of the molecule is COC(C=C(C)C#CC1(O)C(C)=CC2(CCC(C)C2)CC1(C)C)OC. The Bertz CT molecular complexity index is 615. The van der Waals surface area contributed by atoms with Gasteiger partial charge in [-0.2, -0.15) is 0 Å². The second-order valence-electron chi connectivity index (χ2n) is 8.75. The van der Waals surface area contributed by atoms with Crippen LogP contribution >= 0.6 is 0 Å². The molecule has 140 valence electrons. The van der Waals surface area contributed by atoms with E-state index in [1.807, 2.05) is 19.9 Å². The molecule has 0 aromatic carbocycles. The maximum atomic E-state index is 11.4. The molecule has 3 nitrogen and oxygen atoms in total. The molecule has 0 bridgehead atoms. The van der Waals surface area contributed by atoms with Crippen LogP contribution in [0.4, 0.5) is 0 Å². The zero-order valence-electron chi connectivity index (χ0n) is 16.9. The van der Waals surface area contributed by atoms with Gasteiger partial charge in [0, 0.05) is 25.2 Å². The molecule has 0 amide bonds. The second kappa shape index (κ2) is 7.27. The van der Waals surface area contributed by atoms with Gasteiger partial charge in [0.1, 0.15) is 0 Å². The molecule has 3 unspecified atom stereocenters. The fraction of sp³-hybridized carbons (Fsp3) is 0.727. The van der Waals surface area contributed by atoms with Crippen LogP contribution in [0.3, 0.4) is 0 Å². The molecular formula is C22H34O3. The van der Waals surface area contributed by atoms with Crippen LogP contribution in [0.2, 0.25) is 0 Å². The van der Waals surface area contributed by atoms with Crippen molar-refractivity contribution in [1.29, 1.82) is 0 Å². The number of methoxy groups -OCH3 is 2. The molecule has 0 aromatic rings. The van der Waals surface area contributed by atoms with Gasteiger partial charge < -0.3 is 14.6 Å². The maximum absolute atomic E-state index is 11.4. The average molecular weight is 347 g/mol. The van der Waals surface area contributed by atoms with Crippen molar-refractivity contribution >= 4 is 0 Å². The zero-order chi connectivity index (χ0) is 18.9. The Balaban J connectivity index is 2.34. The minimum absolute atomic E-state index is 0.239. The highest BCUT2D eigenvalue weighted by molar-refractivity contribution is 5.42. The fourth-order valence-electron chi connectivity index (χ4n) is 4.82. The third-order valence-corrected chi connectivity index (χ3v) is 6.05.